The highest BCUT2D eigenvalue weighted by molar-refractivity contribution is 5.95. The van der Waals surface area contributed by atoms with Crippen LogP contribution in [0, 0.1) is 0 Å². The molecule has 2 unspecified atom stereocenters. The molecule has 0 saturated heterocycles. The summed E-state index contributed by atoms with van der Waals surface area (Å²) in [5.41, 5.74) is 6.07. The fourth-order valence-corrected chi connectivity index (χ4v) is 1.89. The Morgan fingerprint density at radius 3 is 2.60 bits per heavy atom. The van der Waals surface area contributed by atoms with Crippen molar-refractivity contribution in [2.24, 2.45) is 5.73 Å². The van der Waals surface area contributed by atoms with Crippen molar-refractivity contribution in [3.8, 4) is 0 Å². The minimum atomic E-state index is -1.69. The van der Waals surface area contributed by atoms with Crippen LogP contribution >= 0.6 is 0 Å². The zero-order valence-electron chi connectivity index (χ0n) is 10.7. The second kappa shape index (κ2) is 5.32. The number of hydrogen-bond donors (Lipinski definition) is 4. The number of ether oxygens (including phenoxy) is 1. The van der Waals surface area contributed by atoms with Gasteiger partial charge in [-0.1, -0.05) is 12.1 Å². The smallest absolute Gasteiger partial charge is 0.354 e. The third-order valence-corrected chi connectivity index (χ3v) is 2.98. The van der Waals surface area contributed by atoms with Crippen molar-refractivity contribution in [3.05, 3.63) is 35.5 Å². The first-order valence-corrected chi connectivity index (χ1v) is 5.80. The van der Waals surface area contributed by atoms with Crippen molar-refractivity contribution < 1.29 is 24.5 Å². The molecule has 2 aromatic rings. The number of nitrogens with two attached hydrogens (primary N) is 1. The van der Waals surface area contributed by atoms with Crippen LogP contribution in [-0.2, 0) is 9.53 Å². The Labute approximate surface area is 114 Å². The summed E-state index contributed by atoms with van der Waals surface area (Å²) >= 11 is 0. The average molecular weight is 278 g/mol. The number of esters is 1. The number of aliphatic hydroxyl groups is 2. The second-order valence-corrected chi connectivity index (χ2v) is 4.31. The van der Waals surface area contributed by atoms with Crippen LogP contribution in [0.15, 0.2) is 24.3 Å². The number of nitrogens with one attached hydrogen (secondary N) is 1. The van der Waals surface area contributed by atoms with Gasteiger partial charge >= 0.3 is 5.97 Å². The Morgan fingerprint density at radius 1 is 1.30 bits per heavy atom. The van der Waals surface area contributed by atoms with E-state index in [2.05, 4.69) is 9.72 Å². The van der Waals surface area contributed by atoms with E-state index in [1.807, 2.05) is 0 Å². The summed E-state index contributed by atoms with van der Waals surface area (Å²) in [6.45, 7) is 0. The zero-order valence-corrected chi connectivity index (χ0v) is 10.7. The second-order valence-electron chi connectivity index (χ2n) is 4.31. The standard InChI is InChI=1S/C13H14N2O5/c1-20-13(19)9-4-6-2-3-7(5-8(6)15-9)10(16)11(17)12(14)18/h2-5,10-11,15-17H,1H3,(H2,14,18). The maximum atomic E-state index is 11.4. The molecule has 1 heterocycles. The van der Waals surface area contributed by atoms with E-state index in [4.69, 9.17) is 5.73 Å². The Hall–Kier alpha value is -2.38. The molecule has 0 radical (unpaired) electrons. The number of fused-ring (bicyclic) bond motifs is 1. The van der Waals surface area contributed by atoms with E-state index in [1.54, 1.807) is 12.1 Å². The summed E-state index contributed by atoms with van der Waals surface area (Å²) in [5.74, 6) is -1.53. The highest BCUT2D eigenvalue weighted by Gasteiger charge is 2.23. The van der Waals surface area contributed by atoms with E-state index in [0.29, 0.717) is 11.1 Å². The topological polar surface area (TPSA) is 126 Å². The molecule has 0 aliphatic rings. The van der Waals surface area contributed by atoms with E-state index in [0.717, 1.165) is 5.39 Å². The van der Waals surface area contributed by atoms with E-state index in [1.165, 1.54) is 19.2 Å². The predicted octanol–water partition coefficient (Wildman–Crippen LogP) is -0.166. The molecule has 2 rings (SSSR count). The zero-order chi connectivity index (χ0) is 14.9. The third kappa shape index (κ3) is 2.49. The largest absolute Gasteiger partial charge is 0.464 e. The number of hydrogen-bond acceptors (Lipinski definition) is 5. The first kappa shape index (κ1) is 14.0. The molecule has 7 nitrogen and oxygen atoms in total. The lowest BCUT2D eigenvalue weighted by molar-refractivity contribution is -0.131. The number of methoxy groups -OCH3 is 1. The first-order chi connectivity index (χ1) is 9.43. The number of H-pyrrole nitrogens is 1. The molecule has 0 aliphatic heterocycles. The van der Waals surface area contributed by atoms with Crippen LogP contribution in [0.3, 0.4) is 0 Å². The van der Waals surface area contributed by atoms with Crippen LogP contribution in [0.2, 0.25) is 0 Å². The van der Waals surface area contributed by atoms with Crippen molar-refractivity contribution in [1.82, 2.24) is 4.98 Å². The molecular formula is C13H14N2O5. The van der Waals surface area contributed by atoms with Crippen molar-refractivity contribution in [2.45, 2.75) is 12.2 Å². The van der Waals surface area contributed by atoms with Crippen LogP contribution in [0.5, 0.6) is 0 Å². The van der Waals surface area contributed by atoms with Gasteiger partial charge in [-0.2, -0.15) is 0 Å². The van der Waals surface area contributed by atoms with Gasteiger partial charge in [0.25, 0.3) is 0 Å². The molecule has 20 heavy (non-hydrogen) atoms. The molecule has 0 aliphatic carbocycles. The molecule has 7 heteroatoms. The summed E-state index contributed by atoms with van der Waals surface area (Å²) in [4.78, 5) is 25.1. The Bertz CT molecular complexity index is 664. The van der Waals surface area contributed by atoms with Gasteiger partial charge < -0.3 is 25.7 Å². The summed E-state index contributed by atoms with van der Waals surface area (Å²) < 4.78 is 4.59. The Balaban J connectivity index is 2.38. The molecule has 5 N–H and O–H groups in total. The van der Waals surface area contributed by atoms with Gasteiger partial charge in [-0.15, -0.1) is 0 Å². The van der Waals surface area contributed by atoms with Crippen LogP contribution in [0.1, 0.15) is 22.2 Å². The minimum Gasteiger partial charge on any atom is -0.464 e. The number of carbonyl (C=O) groups is 2. The third-order valence-electron chi connectivity index (χ3n) is 2.98. The van der Waals surface area contributed by atoms with Gasteiger partial charge in [-0.05, 0) is 17.7 Å². The highest BCUT2D eigenvalue weighted by Crippen LogP contribution is 2.23. The van der Waals surface area contributed by atoms with Crippen molar-refractivity contribution in [2.75, 3.05) is 7.11 Å². The van der Waals surface area contributed by atoms with Crippen LogP contribution in [0.25, 0.3) is 10.9 Å². The Morgan fingerprint density at radius 2 is 2.00 bits per heavy atom. The molecule has 106 valence electrons. The molecule has 0 saturated carbocycles. The quantitative estimate of drug-likeness (QED) is 0.578. The SMILES string of the molecule is COC(=O)c1cc2ccc(C(O)C(O)C(N)=O)cc2[nH]1. The molecule has 2 atom stereocenters. The lowest BCUT2D eigenvalue weighted by Gasteiger charge is -2.14. The lowest BCUT2D eigenvalue weighted by atomic mass is 10.0. The fourth-order valence-electron chi connectivity index (χ4n) is 1.89. The van der Waals surface area contributed by atoms with E-state index in [9.17, 15) is 19.8 Å². The summed E-state index contributed by atoms with van der Waals surface area (Å²) in [6, 6.07) is 6.30. The number of amides is 1. The highest BCUT2D eigenvalue weighted by atomic mass is 16.5. The van der Waals surface area contributed by atoms with Gasteiger partial charge in [0.1, 0.15) is 11.8 Å². The molecule has 0 bridgehead atoms. The average Bonchev–Trinajstić information content (AvgIpc) is 2.87. The molecule has 0 fully saturated rings. The summed E-state index contributed by atoms with van der Waals surface area (Å²) in [5, 5.41) is 20.0. The number of aliphatic hydroxyl groups excluding tert-OH is 2. The number of rotatable bonds is 4. The van der Waals surface area contributed by atoms with Crippen molar-refractivity contribution in [1.29, 1.82) is 0 Å². The van der Waals surface area contributed by atoms with Gasteiger partial charge in [0.15, 0.2) is 6.10 Å². The number of aromatic nitrogens is 1. The van der Waals surface area contributed by atoms with E-state index in [-0.39, 0.29) is 5.69 Å². The van der Waals surface area contributed by atoms with Crippen LogP contribution in [-0.4, -0.2) is 40.3 Å². The van der Waals surface area contributed by atoms with Crippen molar-refractivity contribution >= 4 is 22.8 Å². The van der Waals surface area contributed by atoms with Crippen LogP contribution < -0.4 is 5.73 Å². The molecule has 1 amide bonds. The summed E-state index contributed by atoms with van der Waals surface area (Å²) in [6.07, 6.45) is -3.12. The maximum Gasteiger partial charge on any atom is 0.354 e. The van der Waals surface area contributed by atoms with Crippen molar-refractivity contribution in [3.63, 3.8) is 0 Å². The fraction of sp³-hybridized carbons (Fsp3) is 0.231. The molecular weight excluding hydrogens is 264 g/mol. The molecule has 0 spiro atoms. The normalized spacial score (nSPS) is 13.9. The number of benzene rings is 1. The van der Waals surface area contributed by atoms with E-state index < -0.39 is 24.1 Å². The number of aromatic amines is 1. The molecule has 1 aromatic heterocycles. The lowest BCUT2D eigenvalue weighted by Crippen LogP contribution is -2.33. The molecule has 1 aromatic carbocycles. The number of primary amides is 1. The maximum absolute atomic E-state index is 11.4. The van der Waals surface area contributed by atoms with Gasteiger partial charge in [0.05, 0.1) is 7.11 Å². The van der Waals surface area contributed by atoms with Gasteiger partial charge in [-0.25, -0.2) is 4.79 Å². The van der Waals surface area contributed by atoms with Gasteiger partial charge in [0.2, 0.25) is 5.91 Å². The van der Waals surface area contributed by atoms with Crippen LogP contribution in [0.4, 0.5) is 0 Å². The monoisotopic (exact) mass is 278 g/mol. The van der Waals surface area contributed by atoms with Gasteiger partial charge in [0, 0.05) is 10.9 Å². The minimum absolute atomic E-state index is 0.268. The first-order valence-electron chi connectivity index (χ1n) is 5.80. The predicted molar refractivity (Wildman–Crippen MR) is 69.8 cm³/mol. The summed E-state index contributed by atoms with van der Waals surface area (Å²) in [7, 11) is 1.27. The Kier molecular flexibility index (Phi) is 3.73. The number of carbonyl (C=O) groups excluding carboxylic acids is 2. The van der Waals surface area contributed by atoms with Gasteiger partial charge in [-0.3, -0.25) is 4.79 Å². The van der Waals surface area contributed by atoms with E-state index >= 15 is 0 Å².